The number of aromatic amines is 2. The molecule has 0 aliphatic carbocycles. The fourth-order valence-corrected chi connectivity index (χ4v) is 4.80. The van der Waals surface area contributed by atoms with E-state index in [9.17, 15) is 29.1 Å². The molecule has 4 unspecified atom stereocenters. The van der Waals surface area contributed by atoms with E-state index in [0.717, 1.165) is 16.5 Å². The van der Waals surface area contributed by atoms with E-state index in [-0.39, 0.29) is 32.1 Å². The van der Waals surface area contributed by atoms with Gasteiger partial charge in [-0.25, -0.2) is 9.78 Å². The summed E-state index contributed by atoms with van der Waals surface area (Å²) in [4.78, 5) is 72.5. The highest BCUT2D eigenvalue weighted by Gasteiger charge is 2.31. The van der Waals surface area contributed by atoms with E-state index in [4.69, 9.17) is 11.5 Å². The summed E-state index contributed by atoms with van der Waals surface area (Å²) >= 11 is 1.46. The molecule has 0 radical (unpaired) electrons. The molecule has 0 aliphatic heterocycles. The second-order valence-electron chi connectivity index (χ2n) is 9.76. The van der Waals surface area contributed by atoms with Crippen LogP contribution in [0.3, 0.4) is 0 Å². The average Bonchev–Trinajstić information content (AvgIpc) is 3.62. The summed E-state index contributed by atoms with van der Waals surface area (Å²) in [6.45, 7) is 0. The lowest BCUT2D eigenvalue weighted by Crippen LogP contribution is -2.57. The van der Waals surface area contributed by atoms with Gasteiger partial charge in [0.2, 0.25) is 23.6 Å². The maximum atomic E-state index is 13.3. The molecule has 3 aromatic rings. The van der Waals surface area contributed by atoms with Crippen LogP contribution in [0.25, 0.3) is 10.9 Å². The Morgan fingerprint density at radius 2 is 1.62 bits per heavy atom. The number of para-hydroxylation sites is 1. The summed E-state index contributed by atoms with van der Waals surface area (Å²) in [7, 11) is 0. The highest BCUT2D eigenvalue weighted by Crippen LogP contribution is 2.19. The van der Waals surface area contributed by atoms with Crippen LogP contribution in [0, 0.1) is 0 Å². The second kappa shape index (κ2) is 15.6. The smallest absolute Gasteiger partial charge is 0.326 e. The van der Waals surface area contributed by atoms with E-state index in [1.807, 2.05) is 30.5 Å². The van der Waals surface area contributed by atoms with E-state index in [2.05, 4.69) is 30.9 Å². The normalized spacial score (nSPS) is 14.0. The van der Waals surface area contributed by atoms with Crippen LogP contribution in [0.15, 0.2) is 43.0 Å². The van der Waals surface area contributed by atoms with Crippen molar-refractivity contribution in [3.05, 3.63) is 54.2 Å². The number of nitrogens with two attached hydrogens (primary N) is 2. The molecule has 2 heterocycles. The van der Waals surface area contributed by atoms with Crippen LogP contribution in [0.1, 0.15) is 30.5 Å². The number of hydrogen-bond donors (Lipinski definition) is 8. The summed E-state index contributed by atoms with van der Waals surface area (Å²) in [6, 6.07) is 2.99. The molecule has 3 rings (SSSR count). The number of H-pyrrole nitrogens is 2. The first-order valence-corrected chi connectivity index (χ1v) is 14.7. The number of carbonyl (C=O) groups is 5. The molecule has 226 valence electrons. The van der Waals surface area contributed by atoms with Crippen molar-refractivity contribution in [1.29, 1.82) is 0 Å². The Morgan fingerprint density at radius 3 is 2.26 bits per heavy atom. The van der Waals surface area contributed by atoms with Gasteiger partial charge in [-0.15, -0.1) is 0 Å². The summed E-state index contributed by atoms with van der Waals surface area (Å²) in [5, 5.41) is 18.2. The SMILES string of the molecule is CSCCC(NC(=O)C(N)Cc1c[nH]c2ccccc12)C(=O)NC(CCC(N)=O)C(=O)NC(Cc1cnc[nH]1)C(=O)O. The number of nitrogens with zero attached hydrogens (tertiary/aromatic N) is 1. The van der Waals surface area contributed by atoms with Gasteiger partial charge in [-0.2, -0.15) is 11.8 Å². The lowest BCUT2D eigenvalue weighted by molar-refractivity contribution is -0.142. The van der Waals surface area contributed by atoms with Crippen LogP contribution in [0.2, 0.25) is 0 Å². The van der Waals surface area contributed by atoms with Gasteiger partial charge >= 0.3 is 5.97 Å². The first-order chi connectivity index (χ1) is 20.1. The standard InChI is InChI=1S/C27H36N8O6S/c1-42-9-8-21(33-24(37)18(28)10-15-12-31-19-5-3-2-4-17(15)19)26(39)34-20(6-7-23(29)36)25(38)35-22(27(40)41)11-16-13-30-14-32-16/h2-5,12-14,18,20-22,31H,6-11,28H2,1H3,(H2,29,36)(H,30,32)(H,33,37)(H,34,39)(H,35,38)(H,40,41). The van der Waals surface area contributed by atoms with Gasteiger partial charge in [-0.3, -0.25) is 19.2 Å². The van der Waals surface area contributed by atoms with Gasteiger partial charge in [-0.05, 0) is 42.9 Å². The van der Waals surface area contributed by atoms with E-state index in [0.29, 0.717) is 11.4 Å². The first kappa shape index (κ1) is 32.1. The number of amides is 4. The molecule has 0 bridgehead atoms. The lowest BCUT2D eigenvalue weighted by Gasteiger charge is -2.25. The molecule has 14 nitrogen and oxygen atoms in total. The van der Waals surface area contributed by atoms with Gasteiger partial charge in [0.15, 0.2) is 0 Å². The third-order valence-corrected chi connectivity index (χ3v) is 7.24. The fraction of sp³-hybridized carbons (Fsp3) is 0.407. The molecular weight excluding hydrogens is 564 g/mol. The number of thioether (sulfide) groups is 1. The Labute approximate surface area is 246 Å². The van der Waals surface area contributed by atoms with Gasteiger partial charge in [-0.1, -0.05) is 18.2 Å². The number of hydrogen-bond acceptors (Lipinski definition) is 8. The van der Waals surface area contributed by atoms with E-state index < -0.39 is 53.8 Å². The molecule has 0 fully saturated rings. The molecule has 0 saturated carbocycles. The molecule has 42 heavy (non-hydrogen) atoms. The van der Waals surface area contributed by atoms with Gasteiger partial charge in [0.25, 0.3) is 0 Å². The minimum absolute atomic E-state index is 0.0850. The van der Waals surface area contributed by atoms with Crippen LogP contribution >= 0.6 is 11.8 Å². The van der Waals surface area contributed by atoms with Crippen molar-refractivity contribution in [2.75, 3.05) is 12.0 Å². The van der Waals surface area contributed by atoms with Gasteiger partial charge in [0, 0.05) is 41.8 Å². The van der Waals surface area contributed by atoms with Gasteiger partial charge in [0.05, 0.1) is 12.4 Å². The predicted molar refractivity (Wildman–Crippen MR) is 157 cm³/mol. The molecule has 1 aromatic carbocycles. The molecule has 10 N–H and O–H groups in total. The van der Waals surface area contributed by atoms with Crippen molar-refractivity contribution < 1.29 is 29.1 Å². The molecule has 0 aliphatic rings. The fourth-order valence-electron chi connectivity index (χ4n) is 4.33. The number of benzene rings is 1. The number of rotatable bonds is 17. The predicted octanol–water partition coefficient (Wildman–Crippen LogP) is -0.439. The van der Waals surface area contributed by atoms with Gasteiger partial charge in [0.1, 0.15) is 18.1 Å². The zero-order valence-electron chi connectivity index (χ0n) is 23.1. The average molecular weight is 601 g/mol. The Bertz CT molecular complexity index is 1380. The highest BCUT2D eigenvalue weighted by molar-refractivity contribution is 7.98. The van der Waals surface area contributed by atoms with Crippen molar-refractivity contribution in [1.82, 2.24) is 30.9 Å². The molecule has 4 amide bonds. The van der Waals surface area contributed by atoms with E-state index in [1.165, 1.54) is 24.3 Å². The number of carboxylic acids is 1. The van der Waals surface area contributed by atoms with Crippen molar-refractivity contribution in [3.8, 4) is 0 Å². The third kappa shape index (κ3) is 9.34. The Hall–Kier alpha value is -4.37. The van der Waals surface area contributed by atoms with Crippen LogP contribution in [0.5, 0.6) is 0 Å². The largest absolute Gasteiger partial charge is 0.480 e. The maximum absolute atomic E-state index is 13.3. The topological polar surface area (TPSA) is 238 Å². The molecule has 0 spiro atoms. The quantitative estimate of drug-likeness (QED) is 0.100. The molecule has 0 saturated heterocycles. The van der Waals surface area contributed by atoms with Crippen molar-refractivity contribution >= 4 is 52.3 Å². The zero-order chi connectivity index (χ0) is 30.6. The maximum Gasteiger partial charge on any atom is 0.326 e. The highest BCUT2D eigenvalue weighted by atomic mass is 32.2. The lowest BCUT2D eigenvalue weighted by atomic mass is 10.0. The van der Waals surface area contributed by atoms with Crippen molar-refractivity contribution in [3.63, 3.8) is 0 Å². The summed E-state index contributed by atoms with van der Waals surface area (Å²) < 4.78 is 0. The van der Waals surface area contributed by atoms with Crippen molar-refractivity contribution in [2.45, 2.75) is 56.3 Å². The molecular formula is C27H36N8O6S. The summed E-state index contributed by atoms with van der Waals surface area (Å²) in [6.07, 6.45) is 6.39. The molecule has 4 atom stereocenters. The monoisotopic (exact) mass is 600 g/mol. The van der Waals surface area contributed by atoms with Gasteiger partial charge < -0.3 is 42.5 Å². The van der Waals surface area contributed by atoms with Crippen LogP contribution in [0.4, 0.5) is 0 Å². The summed E-state index contributed by atoms with van der Waals surface area (Å²) in [5.74, 6) is -3.54. The molecule has 2 aromatic heterocycles. The number of carbonyl (C=O) groups excluding carboxylic acids is 4. The number of carboxylic acid groups (broad SMARTS) is 1. The number of aliphatic carboxylic acids is 1. The van der Waals surface area contributed by atoms with Crippen molar-refractivity contribution in [2.24, 2.45) is 11.5 Å². The number of nitrogens with one attached hydrogen (secondary N) is 5. The Morgan fingerprint density at radius 1 is 0.952 bits per heavy atom. The number of imidazole rings is 1. The van der Waals surface area contributed by atoms with E-state index in [1.54, 1.807) is 6.20 Å². The zero-order valence-corrected chi connectivity index (χ0v) is 23.9. The van der Waals surface area contributed by atoms with E-state index >= 15 is 0 Å². The summed E-state index contributed by atoms with van der Waals surface area (Å²) in [5.41, 5.74) is 13.7. The Balaban J connectivity index is 1.69. The Kier molecular flexibility index (Phi) is 11.9. The molecule has 15 heteroatoms. The minimum atomic E-state index is -1.33. The van der Waals surface area contributed by atoms with Crippen LogP contribution in [-0.2, 0) is 36.8 Å². The number of primary amides is 1. The number of fused-ring (bicyclic) bond motifs is 1. The second-order valence-corrected chi connectivity index (χ2v) is 10.7. The third-order valence-electron chi connectivity index (χ3n) is 6.60. The first-order valence-electron chi connectivity index (χ1n) is 13.3. The minimum Gasteiger partial charge on any atom is -0.480 e. The number of aromatic nitrogens is 3. The van der Waals surface area contributed by atoms with Crippen LogP contribution < -0.4 is 27.4 Å². The van der Waals surface area contributed by atoms with Crippen LogP contribution in [-0.4, -0.2) is 85.8 Å².